The van der Waals surface area contributed by atoms with E-state index < -0.39 is 0 Å². The molecule has 30 heavy (non-hydrogen) atoms. The fraction of sp³-hybridized carbons (Fsp3) is 0.286. The highest BCUT2D eigenvalue weighted by Gasteiger charge is 2.24. The van der Waals surface area contributed by atoms with Gasteiger partial charge in [0, 0.05) is 50.2 Å². The minimum Gasteiger partial charge on any atom is -0.479 e. The standard InChI is InChI=1S/C21H21N7O2/c1-27-12-14(4-6-18(27)29)24-21-25-20(30-2)19-15(7-10-28(19)26-21)13-3-5-16-17(11-13)23-9-8-22-16/h3,5,7-11,14H,4,6,12H2,1-2H3,(H,24,26)/t14-/m1/s1. The molecule has 0 saturated carbocycles. The SMILES string of the molecule is COc1nc(N[C@@H]2CCC(=O)N(C)C2)nn2ccc(-c3ccc4nccnc4c3)c12. The van der Waals surface area contributed by atoms with E-state index in [1.54, 1.807) is 28.9 Å². The fourth-order valence-corrected chi connectivity index (χ4v) is 3.87. The van der Waals surface area contributed by atoms with Crippen LogP contribution in [0.25, 0.3) is 27.7 Å². The van der Waals surface area contributed by atoms with E-state index in [0.717, 1.165) is 34.1 Å². The Morgan fingerprint density at radius 3 is 2.80 bits per heavy atom. The first kappa shape index (κ1) is 18.3. The van der Waals surface area contributed by atoms with Crippen LogP contribution in [0, 0.1) is 0 Å². The molecule has 5 rings (SSSR count). The second-order valence-corrected chi connectivity index (χ2v) is 7.38. The second kappa shape index (κ2) is 7.25. The highest BCUT2D eigenvalue weighted by Crippen LogP contribution is 2.32. The Bertz CT molecular complexity index is 1250. The lowest BCUT2D eigenvalue weighted by Crippen LogP contribution is -2.43. The van der Waals surface area contributed by atoms with Crippen molar-refractivity contribution in [2.24, 2.45) is 0 Å². The Labute approximate surface area is 172 Å². The van der Waals surface area contributed by atoms with Crippen molar-refractivity contribution in [3.05, 3.63) is 42.9 Å². The van der Waals surface area contributed by atoms with Crippen molar-refractivity contribution in [2.75, 3.05) is 26.0 Å². The van der Waals surface area contributed by atoms with E-state index in [9.17, 15) is 4.79 Å². The van der Waals surface area contributed by atoms with Gasteiger partial charge in [-0.05, 0) is 30.2 Å². The normalized spacial score (nSPS) is 16.9. The molecule has 1 aliphatic rings. The lowest BCUT2D eigenvalue weighted by molar-refractivity contribution is -0.132. The number of amides is 1. The molecule has 1 amide bonds. The average Bonchev–Trinajstić information content (AvgIpc) is 3.19. The fourth-order valence-electron chi connectivity index (χ4n) is 3.87. The number of fused-ring (bicyclic) bond motifs is 2. The van der Waals surface area contributed by atoms with Crippen molar-refractivity contribution in [3.8, 4) is 17.0 Å². The molecule has 1 atom stereocenters. The monoisotopic (exact) mass is 403 g/mol. The van der Waals surface area contributed by atoms with Gasteiger partial charge in [0.05, 0.1) is 18.1 Å². The van der Waals surface area contributed by atoms with Gasteiger partial charge < -0.3 is 15.0 Å². The number of anilines is 1. The molecule has 1 aromatic carbocycles. The molecule has 4 heterocycles. The molecule has 152 valence electrons. The minimum atomic E-state index is 0.101. The predicted molar refractivity (Wildman–Crippen MR) is 112 cm³/mol. The Hall–Kier alpha value is -3.75. The molecule has 3 aromatic heterocycles. The number of likely N-dealkylation sites (N-methyl/N-ethyl adjacent to an activating group) is 1. The van der Waals surface area contributed by atoms with Gasteiger partial charge in [0.2, 0.25) is 17.7 Å². The Morgan fingerprint density at radius 1 is 1.17 bits per heavy atom. The van der Waals surface area contributed by atoms with Crippen LogP contribution in [0.4, 0.5) is 5.95 Å². The van der Waals surface area contributed by atoms with E-state index in [0.29, 0.717) is 24.8 Å². The summed E-state index contributed by atoms with van der Waals surface area (Å²) in [5.41, 5.74) is 4.38. The quantitative estimate of drug-likeness (QED) is 0.559. The number of nitrogens with one attached hydrogen (secondary N) is 1. The number of hydrogen-bond acceptors (Lipinski definition) is 7. The summed E-state index contributed by atoms with van der Waals surface area (Å²) >= 11 is 0. The van der Waals surface area contributed by atoms with Crippen molar-refractivity contribution in [2.45, 2.75) is 18.9 Å². The second-order valence-electron chi connectivity index (χ2n) is 7.38. The van der Waals surface area contributed by atoms with Crippen LogP contribution in [0.3, 0.4) is 0 Å². The van der Waals surface area contributed by atoms with Gasteiger partial charge in [-0.25, -0.2) is 4.52 Å². The smallest absolute Gasteiger partial charge is 0.244 e. The Morgan fingerprint density at radius 2 is 2.00 bits per heavy atom. The molecule has 9 nitrogen and oxygen atoms in total. The maximum Gasteiger partial charge on any atom is 0.244 e. The van der Waals surface area contributed by atoms with E-state index in [1.807, 2.05) is 37.5 Å². The molecule has 0 aliphatic carbocycles. The number of aromatic nitrogens is 5. The van der Waals surface area contributed by atoms with Gasteiger partial charge >= 0.3 is 0 Å². The molecular formula is C21H21N7O2. The van der Waals surface area contributed by atoms with Crippen LogP contribution in [0.1, 0.15) is 12.8 Å². The summed E-state index contributed by atoms with van der Waals surface area (Å²) in [6.07, 6.45) is 6.52. The third-order valence-electron chi connectivity index (χ3n) is 5.41. The zero-order chi connectivity index (χ0) is 20.7. The van der Waals surface area contributed by atoms with Crippen LogP contribution in [0.2, 0.25) is 0 Å². The number of carbonyl (C=O) groups excluding carboxylic acids is 1. The number of piperidine rings is 1. The van der Waals surface area contributed by atoms with Gasteiger partial charge in [0.15, 0.2) is 0 Å². The number of methoxy groups -OCH3 is 1. The van der Waals surface area contributed by atoms with Crippen LogP contribution < -0.4 is 10.1 Å². The molecule has 0 spiro atoms. The summed E-state index contributed by atoms with van der Waals surface area (Å²) < 4.78 is 7.36. The van der Waals surface area contributed by atoms with Crippen molar-refractivity contribution >= 4 is 28.4 Å². The summed E-state index contributed by atoms with van der Waals surface area (Å²) in [6, 6.07) is 8.04. The number of benzene rings is 1. The van der Waals surface area contributed by atoms with Crippen molar-refractivity contribution in [3.63, 3.8) is 0 Å². The maximum atomic E-state index is 11.7. The van der Waals surface area contributed by atoms with Crippen LogP contribution in [0.15, 0.2) is 42.9 Å². The number of likely N-dealkylation sites (tertiary alicyclic amines) is 1. The van der Waals surface area contributed by atoms with Gasteiger partial charge in [-0.1, -0.05) is 6.07 Å². The number of hydrogen-bond donors (Lipinski definition) is 1. The van der Waals surface area contributed by atoms with Gasteiger partial charge in [-0.3, -0.25) is 14.8 Å². The molecule has 4 aromatic rings. The molecule has 1 fully saturated rings. The molecule has 1 aliphatic heterocycles. The Kier molecular flexibility index (Phi) is 4.42. The predicted octanol–water partition coefficient (Wildman–Crippen LogP) is 2.38. The zero-order valence-electron chi connectivity index (χ0n) is 16.7. The maximum absolute atomic E-state index is 11.7. The number of carbonyl (C=O) groups is 1. The van der Waals surface area contributed by atoms with Crippen LogP contribution in [-0.4, -0.2) is 62.1 Å². The van der Waals surface area contributed by atoms with Gasteiger partial charge in [-0.15, -0.1) is 5.10 Å². The average molecular weight is 403 g/mol. The molecule has 0 bridgehead atoms. The van der Waals surface area contributed by atoms with Crippen LogP contribution >= 0.6 is 0 Å². The van der Waals surface area contributed by atoms with Crippen molar-refractivity contribution in [1.82, 2.24) is 29.5 Å². The van der Waals surface area contributed by atoms with E-state index in [-0.39, 0.29) is 11.9 Å². The molecular weight excluding hydrogens is 382 g/mol. The summed E-state index contributed by atoms with van der Waals surface area (Å²) in [5.74, 6) is 1.11. The van der Waals surface area contributed by atoms with Gasteiger partial charge in [0.25, 0.3) is 0 Å². The third kappa shape index (κ3) is 3.18. The van der Waals surface area contributed by atoms with E-state index >= 15 is 0 Å². The number of ether oxygens (including phenoxy) is 1. The lowest BCUT2D eigenvalue weighted by atomic mass is 10.1. The van der Waals surface area contributed by atoms with Crippen molar-refractivity contribution in [1.29, 1.82) is 0 Å². The minimum absolute atomic E-state index is 0.101. The molecule has 0 unspecified atom stereocenters. The van der Waals surface area contributed by atoms with E-state index in [1.165, 1.54) is 0 Å². The summed E-state index contributed by atoms with van der Waals surface area (Å²) in [7, 11) is 3.41. The Balaban J connectivity index is 1.52. The summed E-state index contributed by atoms with van der Waals surface area (Å²) in [5, 5.41) is 7.95. The number of nitrogens with zero attached hydrogens (tertiary/aromatic N) is 6. The van der Waals surface area contributed by atoms with Gasteiger partial charge in [0.1, 0.15) is 5.52 Å². The largest absolute Gasteiger partial charge is 0.479 e. The highest BCUT2D eigenvalue weighted by atomic mass is 16.5. The van der Waals surface area contributed by atoms with Crippen LogP contribution in [0.5, 0.6) is 5.88 Å². The first-order valence-corrected chi connectivity index (χ1v) is 9.77. The lowest BCUT2D eigenvalue weighted by Gasteiger charge is -2.30. The third-order valence-corrected chi connectivity index (χ3v) is 5.41. The molecule has 9 heteroatoms. The highest BCUT2D eigenvalue weighted by molar-refractivity contribution is 5.89. The first-order chi connectivity index (χ1) is 14.6. The summed E-state index contributed by atoms with van der Waals surface area (Å²) in [6.45, 7) is 0.623. The molecule has 1 saturated heterocycles. The topological polar surface area (TPSA) is 97.5 Å². The molecule has 0 radical (unpaired) electrons. The van der Waals surface area contributed by atoms with Gasteiger partial charge in [-0.2, -0.15) is 4.98 Å². The van der Waals surface area contributed by atoms with E-state index in [4.69, 9.17) is 4.74 Å². The van der Waals surface area contributed by atoms with Crippen molar-refractivity contribution < 1.29 is 9.53 Å². The van der Waals surface area contributed by atoms with Crippen LogP contribution in [-0.2, 0) is 4.79 Å². The first-order valence-electron chi connectivity index (χ1n) is 9.77. The number of rotatable bonds is 4. The summed E-state index contributed by atoms with van der Waals surface area (Å²) in [4.78, 5) is 26.8. The molecule has 1 N–H and O–H groups in total. The zero-order valence-corrected chi connectivity index (χ0v) is 16.7. The van der Waals surface area contributed by atoms with E-state index in [2.05, 4.69) is 25.4 Å².